The van der Waals surface area contributed by atoms with Crippen LogP contribution in [0.5, 0.6) is 0 Å². The summed E-state index contributed by atoms with van der Waals surface area (Å²) in [6.07, 6.45) is -5.19. The number of nitrogens with one attached hydrogen (secondary N) is 1. The second kappa shape index (κ2) is 7.44. The summed E-state index contributed by atoms with van der Waals surface area (Å²) in [5, 5.41) is 11.7. The molecule has 1 saturated heterocycles. The Morgan fingerprint density at radius 3 is 2.54 bits per heavy atom. The molecule has 0 radical (unpaired) electrons. The minimum Gasteiger partial charge on any atom is -0.444 e. The minimum absolute atomic E-state index is 0.0728. The Morgan fingerprint density at radius 2 is 1.96 bits per heavy atom. The van der Waals surface area contributed by atoms with E-state index in [2.05, 4.69) is 5.32 Å². The fraction of sp³-hybridized carbons (Fsp3) is 0.556. The largest absolute Gasteiger partial charge is 0.444 e. The quantitative estimate of drug-likeness (QED) is 0.856. The normalized spacial score (nSPS) is 21.0. The summed E-state index contributed by atoms with van der Waals surface area (Å²) in [5.41, 5.74) is -0.270. The van der Waals surface area contributed by atoms with E-state index < -0.39 is 30.0 Å². The third-order valence-electron chi connectivity index (χ3n) is 4.04. The van der Waals surface area contributed by atoms with Gasteiger partial charge in [-0.1, -0.05) is 12.1 Å². The number of alkyl halides is 3. The summed E-state index contributed by atoms with van der Waals surface area (Å²) >= 11 is 0. The van der Waals surface area contributed by atoms with Crippen molar-refractivity contribution in [3.63, 3.8) is 0 Å². The van der Waals surface area contributed by atoms with Gasteiger partial charge in [-0.3, -0.25) is 0 Å². The molecular formula is C18H22F3N3O2. The molecule has 1 aliphatic rings. The number of rotatable bonds is 2. The number of alkyl carbamates (subject to hydrolysis) is 1. The highest BCUT2D eigenvalue weighted by molar-refractivity contribution is 5.68. The molecule has 1 amide bonds. The summed E-state index contributed by atoms with van der Waals surface area (Å²) in [6.45, 7) is 5.13. The molecule has 2 unspecified atom stereocenters. The van der Waals surface area contributed by atoms with Gasteiger partial charge in [-0.25, -0.2) is 4.79 Å². The SMILES string of the molecule is CC(C)(C)OC(=O)NC1CCN(c2ccccc2C#N)C(C(F)(F)F)C1. The zero-order chi connectivity index (χ0) is 19.5. The number of carbonyl (C=O) groups is 1. The van der Waals surface area contributed by atoms with Crippen molar-refractivity contribution in [1.29, 1.82) is 5.26 Å². The maximum atomic E-state index is 13.6. The topological polar surface area (TPSA) is 65.4 Å². The lowest BCUT2D eigenvalue weighted by Crippen LogP contribution is -2.56. The van der Waals surface area contributed by atoms with Crippen molar-refractivity contribution in [3.05, 3.63) is 29.8 Å². The molecule has 1 aliphatic heterocycles. The van der Waals surface area contributed by atoms with Gasteiger partial charge in [-0.05, 0) is 45.7 Å². The molecule has 1 aromatic carbocycles. The molecule has 0 aromatic heterocycles. The lowest BCUT2D eigenvalue weighted by atomic mass is 9.95. The van der Waals surface area contributed by atoms with Crippen molar-refractivity contribution in [2.45, 2.75) is 57.5 Å². The number of nitrogens with zero attached hydrogens (tertiary/aromatic N) is 2. The molecule has 2 rings (SSSR count). The van der Waals surface area contributed by atoms with E-state index in [1.54, 1.807) is 32.9 Å². The van der Waals surface area contributed by atoms with Gasteiger partial charge in [-0.15, -0.1) is 0 Å². The van der Waals surface area contributed by atoms with E-state index in [1.807, 2.05) is 6.07 Å². The maximum Gasteiger partial charge on any atom is 0.408 e. The molecule has 26 heavy (non-hydrogen) atoms. The van der Waals surface area contributed by atoms with Crippen molar-refractivity contribution < 1.29 is 22.7 Å². The molecule has 0 bridgehead atoms. The number of halogens is 3. The molecule has 0 spiro atoms. The van der Waals surface area contributed by atoms with Crippen LogP contribution in [-0.4, -0.2) is 36.5 Å². The smallest absolute Gasteiger partial charge is 0.408 e. The van der Waals surface area contributed by atoms with Crippen molar-refractivity contribution in [1.82, 2.24) is 5.32 Å². The van der Waals surface area contributed by atoms with Crippen molar-refractivity contribution >= 4 is 11.8 Å². The van der Waals surface area contributed by atoms with Crippen LogP contribution in [0.25, 0.3) is 0 Å². The fourth-order valence-corrected chi connectivity index (χ4v) is 2.99. The van der Waals surface area contributed by atoms with Crippen LogP contribution in [-0.2, 0) is 4.74 Å². The lowest BCUT2D eigenvalue weighted by molar-refractivity contribution is -0.154. The Balaban J connectivity index is 2.18. The van der Waals surface area contributed by atoms with Crippen LogP contribution in [0.1, 0.15) is 39.2 Å². The van der Waals surface area contributed by atoms with Crippen LogP contribution in [0.15, 0.2) is 24.3 Å². The van der Waals surface area contributed by atoms with Gasteiger partial charge >= 0.3 is 12.3 Å². The highest BCUT2D eigenvalue weighted by atomic mass is 19.4. The number of benzene rings is 1. The molecule has 1 N–H and O–H groups in total. The predicted molar refractivity (Wildman–Crippen MR) is 90.7 cm³/mol. The Labute approximate surface area is 150 Å². The Hall–Kier alpha value is -2.43. The zero-order valence-corrected chi connectivity index (χ0v) is 14.9. The van der Waals surface area contributed by atoms with Gasteiger partial charge in [0.05, 0.1) is 11.3 Å². The van der Waals surface area contributed by atoms with Crippen LogP contribution in [0, 0.1) is 11.3 Å². The Kier molecular flexibility index (Phi) is 5.69. The van der Waals surface area contributed by atoms with Crippen LogP contribution in [0.2, 0.25) is 0 Å². The molecule has 142 valence electrons. The molecule has 8 heteroatoms. The summed E-state index contributed by atoms with van der Waals surface area (Å²) in [4.78, 5) is 13.1. The van der Waals surface area contributed by atoms with Crippen molar-refractivity contribution in [3.8, 4) is 6.07 Å². The van der Waals surface area contributed by atoms with E-state index in [4.69, 9.17) is 4.74 Å². The Bertz CT molecular complexity index is 692. The number of hydrogen-bond acceptors (Lipinski definition) is 4. The molecule has 2 atom stereocenters. The average Bonchev–Trinajstić information content (AvgIpc) is 2.52. The van der Waals surface area contributed by atoms with Gasteiger partial charge in [0, 0.05) is 12.6 Å². The second-order valence-corrected chi connectivity index (χ2v) is 7.25. The highest BCUT2D eigenvalue weighted by Gasteiger charge is 2.47. The number of piperidine rings is 1. The number of anilines is 1. The molecule has 5 nitrogen and oxygen atoms in total. The van der Waals surface area contributed by atoms with Crippen molar-refractivity contribution in [2.24, 2.45) is 0 Å². The first kappa shape index (κ1) is 19.9. The monoisotopic (exact) mass is 369 g/mol. The van der Waals surface area contributed by atoms with Crippen molar-refractivity contribution in [2.75, 3.05) is 11.4 Å². The number of amides is 1. The number of carbonyl (C=O) groups excluding carboxylic acids is 1. The molecule has 1 aromatic rings. The number of para-hydroxylation sites is 1. The summed E-state index contributed by atoms with van der Waals surface area (Å²) in [5.74, 6) is 0. The maximum absolute atomic E-state index is 13.6. The number of nitriles is 1. The summed E-state index contributed by atoms with van der Waals surface area (Å²) in [7, 11) is 0. The summed E-state index contributed by atoms with van der Waals surface area (Å²) < 4.78 is 46.0. The minimum atomic E-state index is -4.49. The lowest BCUT2D eigenvalue weighted by Gasteiger charge is -2.42. The van der Waals surface area contributed by atoms with Crippen LogP contribution in [0.4, 0.5) is 23.7 Å². The van der Waals surface area contributed by atoms with Gasteiger partial charge in [0.25, 0.3) is 0 Å². The van der Waals surface area contributed by atoms with Gasteiger partial charge < -0.3 is 15.0 Å². The van der Waals surface area contributed by atoms with Crippen LogP contribution in [0.3, 0.4) is 0 Å². The first-order valence-electron chi connectivity index (χ1n) is 8.33. The molecule has 0 aliphatic carbocycles. The third kappa shape index (κ3) is 5.04. The van der Waals surface area contributed by atoms with Gasteiger partial charge in [-0.2, -0.15) is 18.4 Å². The van der Waals surface area contributed by atoms with E-state index in [0.29, 0.717) is 6.42 Å². The van der Waals surface area contributed by atoms with E-state index in [9.17, 15) is 23.2 Å². The number of ether oxygens (including phenoxy) is 1. The van der Waals surface area contributed by atoms with E-state index in [0.717, 1.165) is 0 Å². The molecular weight excluding hydrogens is 347 g/mol. The first-order valence-corrected chi connectivity index (χ1v) is 8.33. The summed E-state index contributed by atoms with van der Waals surface area (Å²) in [6, 6.07) is 5.72. The second-order valence-electron chi connectivity index (χ2n) is 7.25. The number of hydrogen-bond donors (Lipinski definition) is 1. The first-order chi connectivity index (χ1) is 12.0. The molecule has 0 saturated carbocycles. The average molecular weight is 369 g/mol. The van der Waals surface area contributed by atoms with Crippen LogP contribution < -0.4 is 10.2 Å². The third-order valence-corrected chi connectivity index (χ3v) is 4.04. The van der Waals surface area contributed by atoms with E-state index >= 15 is 0 Å². The van der Waals surface area contributed by atoms with Gasteiger partial charge in [0.1, 0.15) is 17.7 Å². The molecule has 1 heterocycles. The van der Waals surface area contributed by atoms with Crippen LogP contribution >= 0.6 is 0 Å². The fourth-order valence-electron chi connectivity index (χ4n) is 2.99. The van der Waals surface area contributed by atoms with Gasteiger partial charge in [0.2, 0.25) is 0 Å². The van der Waals surface area contributed by atoms with E-state index in [-0.39, 0.29) is 24.2 Å². The predicted octanol–water partition coefficient (Wildman–Crippen LogP) is 3.98. The molecule has 1 fully saturated rings. The Morgan fingerprint density at radius 1 is 1.31 bits per heavy atom. The highest BCUT2D eigenvalue weighted by Crippen LogP contribution is 2.36. The standard InChI is InChI=1S/C18H22F3N3O2/c1-17(2,3)26-16(25)23-13-8-9-24(15(10-13)18(19,20)21)14-7-5-4-6-12(14)11-22/h4-7,13,15H,8-10H2,1-3H3,(H,23,25). The van der Waals surface area contributed by atoms with Gasteiger partial charge in [0.15, 0.2) is 0 Å². The van der Waals surface area contributed by atoms with E-state index in [1.165, 1.54) is 17.0 Å². The zero-order valence-electron chi connectivity index (χ0n) is 14.9.